The third kappa shape index (κ3) is 4.89. The summed E-state index contributed by atoms with van der Waals surface area (Å²) in [6, 6.07) is 5.19. The van der Waals surface area contributed by atoms with Crippen molar-refractivity contribution >= 4 is 52.2 Å². The first-order valence-corrected chi connectivity index (χ1v) is 9.05. The molecule has 1 saturated heterocycles. The van der Waals surface area contributed by atoms with Crippen molar-refractivity contribution in [2.24, 2.45) is 0 Å². The Hall–Kier alpha value is -2.26. The molecule has 6 nitrogen and oxygen atoms in total. The van der Waals surface area contributed by atoms with Crippen LogP contribution in [0.25, 0.3) is 6.08 Å². The van der Waals surface area contributed by atoms with E-state index in [1.54, 1.807) is 18.2 Å². The number of rotatable bonds is 7. The second-order valence-electron chi connectivity index (χ2n) is 5.54. The number of hydrogen-bond donors (Lipinski definition) is 2. The fourth-order valence-corrected chi connectivity index (χ4v) is 3.67. The molecule has 0 spiro atoms. The van der Waals surface area contributed by atoms with Crippen LogP contribution >= 0.6 is 24.0 Å². The second-order valence-corrected chi connectivity index (χ2v) is 7.21. The molecule has 0 aliphatic carbocycles. The van der Waals surface area contributed by atoms with E-state index in [0.717, 1.165) is 11.8 Å². The van der Waals surface area contributed by atoms with Crippen molar-refractivity contribution in [3.8, 4) is 0 Å². The molecule has 26 heavy (non-hydrogen) atoms. The number of nitrogens with zero attached hydrogens (tertiary/aromatic N) is 1. The van der Waals surface area contributed by atoms with Crippen LogP contribution in [0, 0.1) is 5.82 Å². The molecule has 0 radical (unpaired) electrons. The predicted octanol–water partition coefficient (Wildman–Crippen LogP) is 2.40. The fourth-order valence-electron chi connectivity index (χ4n) is 2.26. The van der Waals surface area contributed by atoms with Crippen molar-refractivity contribution in [3.05, 3.63) is 40.6 Å². The van der Waals surface area contributed by atoms with Crippen LogP contribution in [0.3, 0.4) is 0 Å². The standard InChI is InChI=1S/C17H17FN2O4S2/c1-10(15(23)19-8-4-7-14(21)22)20-16(24)13(26-17(20)25)9-11-5-2-3-6-12(11)18/h2-3,5-6,9-10H,4,7-8H2,1H3,(H,19,23)(H,21,22)/b13-9-. The predicted molar refractivity (Wildman–Crippen MR) is 101 cm³/mol. The molecule has 0 aromatic heterocycles. The summed E-state index contributed by atoms with van der Waals surface area (Å²) in [6.07, 6.45) is 1.65. The molecule has 1 fully saturated rings. The van der Waals surface area contributed by atoms with E-state index in [1.807, 2.05) is 0 Å². The van der Waals surface area contributed by atoms with Crippen LogP contribution in [-0.2, 0) is 14.4 Å². The van der Waals surface area contributed by atoms with E-state index in [9.17, 15) is 18.8 Å². The van der Waals surface area contributed by atoms with Gasteiger partial charge < -0.3 is 10.4 Å². The summed E-state index contributed by atoms with van der Waals surface area (Å²) in [5, 5.41) is 11.2. The highest BCUT2D eigenvalue weighted by molar-refractivity contribution is 8.26. The van der Waals surface area contributed by atoms with Crippen LogP contribution in [-0.4, -0.2) is 44.7 Å². The molecule has 1 heterocycles. The lowest BCUT2D eigenvalue weighted by Crippen LogP contribution is -2.47. The average Bonchev–Trinajstić information content (AvgIpc) is 2.86. The maximum atomic E-state index is 13.8. The van der Waals surface area contributed by atoms with Crippen molar-refractivity contribution in [2.75, 3.05) is 6.54 Å². The second kappa shape index (κ2) is 8.91. The summed E-state index contributed by atoms with van der Waals surface area (Å²) in [7, 11) is 0. The number of halogens is 1. The minimum Gasteiger partial charge on any atom is -0.481 e. The third-order valence-electron chi connectivity index (χ3n) is 3.65. The van der Waals surface area contributed by atoms with Gasteiger partial charge in [0.2, 0.25) is 5.91 Å². The maximum Gasteiger partial charge on any atom is 0.303 e. The molecule has 2 N–H and O–H groups in total. The highest BCUT2D eigenvalue weighted by Crippen LogP contribution is 2.34. The summed E-state index contributed by atoms with van der Waals surface area (Å²) < 4.78 is 14.0. The number of carboxylic acid groups (broad SMARTS) is 1. The molecular formula is C17H17FN2O4S2. The zero-order valence-electron chi connectivity index (χ0n) is 13.9. The number of hydrogen-bond acceptors (Lipinski definition) is 5. The number of carbonyl (C=O) groups excluding carboxylic acids is 2. The SMILES string of the molecule is CC(C(=O)NCCCC(=O)O)N1C(=O)/C(=C/c2ccccc2F)SC1=S. The number of thiocarbonyl (C=S) groups is 1. The number of amides is 2. The molecule has 1 aromatic rings. The molecule has 1 aliphatic heterocycles. The van der Waals surface area contributed by atoms with Crippen LogP contribution in [0.5, 0.6) is 0 Å². The van der Waals surface area contributed by atoms with E-state index in [2.05, 4.69) is 5.32 Å². The molecule has 0 saturated carbocycles. The van der Waals surface area contributed by atoms with Gasteiger partial charge in [0.1, 0.15) is 16.2 Å². The van der Waals surface area contributed by atoms with Gasteiger partial charge in [-0.05, 0) is 25.5 Å². The Balaban J connectivity index is 2.05. The van der Waals surface area contributed by atoms with Crippen molar-refractivity contribution in [1.82, 2.24) is 10.2 Å². The van der Waals surface area contributed by atoms with Crippen LogP contribution in [0.1, 0.15) is 25.3 Å². The summed E-state index contributed by atoms with van der Waals surface area (Å²) in [5.41, 5.74) is 0.263. The van der Waals surface area contributed by atoms with Crippen molar-refractivity contribution in [2.45, 2.75) is 25.8 Å². The largest absolute Gasteiger partial charge is 0.481 e. The summed E-state index contributed by atoms with van der Waals surface area (Å²) >= 11 is 6.19. The van der Waals surface area contributed by atoms with Crippen molar-refractivity contribution < 1.29 is 23.9 Å². The van der Waals surface area contributed by atoms with Gasteiger partial charge in [0.25, 0.3) is 5.91 Å². The lowest BCUT2D eigenvalue weighted by atomic mass is 10.2. The Morgan fingerprint density at radius 2 is 2.12 bits per heavy atom. The van der Waals surface area contributed by atoms with Gasteiger partial charge in [-0.15, -0.1) is 0 Å². The highest BCUT2D eigenvalue weighted by atomic mass is 32.2. The van der Waals surface area contributed by atoms with Gasteiger partial charge in [0.05, 0.1) is 4.91 Å². The lowest BCUT2D eigenvalue weighted by molar-refractivity contribution is -0.137. The van der Waals surface area contributed by atoms with Gasteiger partial charge in [0, 0.05) is 18.5 Å². The average molecular weight is 396 g/mol. The maximum absolute atomic E-state index is 13.8. The quantitative estimate of drug-likeness (QED) is 0.418. The molecule has 1 unspecified atom stereocenters. The Morgan fingerprint density at radius 1 is 1.42 bits per heavy atom. The van der Waals surface area contributed by atoms with Crippen LogP contribution < -0.4 is 5.32 Å². The van der Waals surface area contributed by atoms with E-state index in [1.165, 1.54) is 24.0 Å². The number of nitrogens with one attached hydrogen (secondary N) is 1. The van der Waals surface area contributed by atoms with Crippen molar-refractivity contribution in [3.63, 3.8) is 0 Å². The third-order valence-corrected chi connectivity index (χ3v) is 4.98. The Bertz CT molecular complexity index is 782. The van der Waals surface area contributed by atoms with E-state index < -0.39 is 29.6 Å². The summed E-state index contributed by atoms with van der Waals surface area (Å²) in [6.45, 7) is 1.72. The van der Waals surface area contributed by atoms with E-state index in [4.69, 9.17) is 17.3 Å². The Kier molecular flexibility index (Phi) is 6.87. The van der Waals surface area contributed by atoms with Gasteiger partial charge in [-0.2, -0.15) is 0 Å². The van der Waals surface area contributed by atoms with E-state index >= 15 is 0 Å². The fraction of sp³-hybridized carbons (Fsp3) is 0.294. The number of carboxylic acids is 1. The summed E-state index contributed by atoms with van der Waals surface area (Å²) in [4.78, 5) is 36.6. The van der Waals surface area contributed by atoms with E-state index in [-0.39, 0.29) is 27.8 Å². The molecule has 2 rings (SSSR count). The number of benzene rings is 1. The number of thioether (sulfide) groups is 1. The van der Waals surface area contributed by atoms with Gasteiger partial charge in [-0.25, -0.2) is 4.39 Å². The normalized spacial score (nSPS) is 16.8. The zero-order chi connectivity index (χ0) is 19.3. The van der Waals surface area contributed by atoms with E-state index in [0.29, 0.717) is 6.42 Å². The first-order chi connectivity index (χ1) is 12.3. The van der Waals surface area contributed by atoms with Crippen molar-refractivity contribution in [1.29, 1.82) is 0 Å². The molecule has 2 amide bonds. The highest BCUT2D eigenvalue weighted by Gasteiger charge is 2.38. The number of carbonyl (C=O) groups is 3. The van der Waals surface area contributed by atoms with Crippen LogP contribution in [0.4, 0.5) is 4.39 Å². The Morgan fingerprint density at radius 3 is 2.77 bits per heavy atom. The molecule has 1 atom stereocenters. The van der Waals surface area contributed by atoms with Gasteiger partial charge >= 0.3 is 5.97 Å². The number of aliphatic carboxylic acids is 1. The molecule has 9 heteroatoms. The van der Waals surface area contributed by atoms with Gasteiger partial charge in [-0.1, -0.05) is 42.2 Å². The minimum absolute atomic E-state index is 0.0545. The molecule has 138 valence electrons. The topological polar surface area (TPSA) is 86.7 Å². The lowest BCUT2D eigenvalue weighted by Gasteiger charge is -2.22. The minimum atomic E-state index is -0.942. The van der Waals surface area contributed by atoms with Gasteiger partial charge in [0.15, 0.2) is 0 Å². The van der Waals surface area contributed by atoms with Gasteiger partial charge in [-0.3, -0.25) is 19.3 Å². The molecule has 1 aliphatic rings. The monoisotopic (exact) mass is 396 g/mol. The molecule has 0 bridgehead atoms. The first-order valence-electron chi connectivity index (χ1n) is 7.82. The molecular weight excluding hydrogens is 379 g/mol. The van der Waals surface area contributed by atoms with Crippen LogP contribution in [0.2, 0.25) is 0 Å². The Labute approximate surface area is 159 Å². The summed E-state index contributed by atoms with van der Waals surface area (Å²) in [5.74, 6) is -2.29. The smallest absolute Gasteiger partial charge is 0.303 e. The zero-order valence-corrected chi connectivity index (χ0v) is 15.5. The molecule has 1 aromatic carbocycles. The first kappa shape index (κ1) is 20.1. The van der Waals surface area contributed by atoms with Crippen LogP contribution in [0.15, 0.2) is 29.2 Å².